The number of thiazole rings is 1. The molecule has 29 heavy (non-hydrogen) atoms. The fourth-order valence-electron chi connectivity index (χ4n) is 2.86. The number of hydrogen-bond donors (Lipinski definition) is 1. The third kappa shape index (κ3) is 6.32. The summed E-state index contributed by atoms with van der Waals surface area (Å²) >= 11 is 1.52. The number of nitrogens with zero attached hydrogens (tertiary/aromatic N) is 1. The molecule has 5 nitrogen and oxygen atoms in total. The van der Waals surface area contributed by atoms with Crippen LogP contribution in [-0.2, 0) is 24.2 Å². The van der Waals surface area contributed by atoms with Gasteiger partial charge in [-0.1, -0.05) is 24.3 Å². The zero-order valence-electron chi connectivity index (χ0n) is 17.0. The Morgan fingerprint density at radius 2 is 1.93 bits per heavy atom. The number of ether oxygens (including phenoxy) is 2. The van der Waals surface area contributed by atoms with Gasteiger partial charge in [0.15, 0.2) is 0 Å². The van der Waals surface area contributed by atoms with Gasteiger partial charge in [-0.3, -0.25) is 4.79 Å². The summed E-state index contributed by atoms with van der Waals surface area (Å²) in [6.45, 7) is 5.07. The van der Waals surface area contributed by atoms with Crippen LogP contribution in [0, 0.1) is 13.8 Å². The van der Waals surface area contributed by atoms with E-state index in [4.69, 9.17) is 9.47 Å². The van der Waals surface area contributed by atoms with E-state index in [9.17, 15) is 4.79 Å². The second-order valence-electron chi connectivity index (χ2n) is 6.92. The Morgan fingerprint density at radius 1 is 1.14 bits per heavy atom. The van der Waals surface area contributed by atoms with E-state index in [0.717, 1.165) is 45.3 Å². The Hall–Kier alpha value is -2.86. The van der Waals surface area contributed by atoms with Gasteiger partial charge in [0, 0.05) is 11.9 Å². The summed E-state index contributed by atoms with van der Waals surface area (Å²) in [5.74, 6) is 1.68. The topological polar surface area (TPSA) is 60.5 Å². The molecule has 0 spiro atoms. The molecule has 1 aromatic heterocycles. The first-order valence-corrected chi connectivity index (χ1v) is 10.4. The molecule has 3 aromatic rings. The van der Waals surface area contributed by atoms with Gasteiger partial charge in [-0.15, -0.1) is 11.3 Å². The van der Waals surface area contributed by atoms with Crippen molar-refractivity contribution in [2.75, 3.05) is 13.7 Å². The standard InChI is InChI=1S/C23H26N2O3S/c1-16-4-5-17(2)21(12-16)28-14-23-25-19(15-29-23)13-22(26)24-11-10-18-6-8-20(27-3)9-7-18/h4-9,12,15H,10-11,13-14H2,1-3H3,(H,24,26). The molecule has 0 atom stereocenters. The summed E-state index contributed by atoms with van der Waals surface area (Å²) in [6, 6.07) is 14.0. The first kappa shape index (κ1) is 20.9. The lowest BCUT2D eigenvalue weighted by molar-refractivity contribution is -0.120. The van der Waals surface area contributed by atoms with Crippen LogP contribution in [0.1, 0.15) is 27.4 Å². The Kier molecular flexibility index (Phi) is 7.25. The maximum atomic E-state index is 12.2. The first-order chi connectivity index (χ1) is 14.0. The number of carbonyl (C=O) groups excluding carboxylic acids is 1. The van der Waals surface area contributed by atoms with Gasteiger partial charge in [-0.25, -0.2) is 4.98 Å². The fraction of sp³-hybridized carbons (Fsp3) is 0.304. The summed E-state index contributed by atoms with van der Waals surface area (Å²) in [5.41, 5.74) is 4.20. The van der Waals surface area contributed by atoms with Crippen molar-refractivity contribution in [3.63, 3.8) is 0 Å². The molecule has 0 radical (unpaired) electrons. The number of benzene rings is 2. The van der Waals surface area contributed by atoms with Crippen LogP contribution in [0.5, 0.6) is 11.5 Å². The second kappa shape index (κ2) is 10.1. The van der Waals surface area contributed by atoms with E-state index >= 15 is 0 Å². The quantitative estimate of drug-likeness (QED) is 0.573. The van der Waals surface area contributed by atoms with Gasteiger partial charge < -0.3 is 14.8 Å². The number of aromatic nitrogens is 1. The molecule has 0 unspecified atom stereocenters. The van der Waals surface area contributed by atoms with Crippen molar-refractivity contribution >= 4 is 17.2 Å². The number of nitrogens with one attached hydrogen (secondary N) is 1. The van der Waals surface area contributed by atoms with Crippen molar-refractivity contribution in [3.05, 3.63) is 75.2 Å². The third-order valence-corrected chi connectivity index (χ3v) is 5.40. The molecule has 0 aliphatic carbocycles. The van der Waals surface area contributed by atoms with Gasteiger partial charge >= 0.3 is 0 Å². The molecule has 0 bridgehead atoms. The number of hydrogen-bond acceptors (Lipinski definition) is 5. The van der Waals surface area contributed by atoms with Gasteiger partial charge in [0.1, 0.15) is 23.1 Å². The van der Waals surface area contributed by atoms with E-state index in [-0.39, 0.29) is 12.3 Å². The predicted molar refractivity (Wildman–Crippen MR) is 116 cm³/mol. The van der Waals surface area contributed by atoms with E-state index in [1.54, 1.807) is 7.11 Å². The largest absolute Gasteiger partial charge is 0.497 e. The van der Waals surface area contributed by atoms with Gasteiger partial charge in [0.25, 0.3) is 0 Å². The molecule has 0 saturated carbocycles. The lowest BCUT2D eigenvalue weighted by Crippen LogP contribution is -2.27. The zero-order valence-corrected chi connectivity index (χ0v) is 17.8. The first-order valence-electron chi connectivity index (χ1n) is 9.56. The molecular weight excluding hydrogens is 384 g/mol. The van der Waals surface area contributed by atoms with Crippen LogP contribution in [0.15, 0.2) is 47.8 Å². The molecule has 3 rings (SSSR count). The van der Waals surface area contributed by atoms with Crippen LogP contribution in [0.4, 0.5) is 0 Å². The molecule has 2 aromatic carbocycles. The lowest BCUT2D eigenvalue weighted by Gasteiger charge is -2.08. The molecule has 0 aliphatic heterocycles. The SMILES string of the molecule is COc1ccc(CCNC(=O)Cc2csc(COc3cc(C)ccc3C)n2)cc1. The van der Waals surface area contributed by atoms with E-state index in [1.807, 2.05) is 55.6 Å². The molecule has 1 amide bonds. The van der Waals surface area contributed by atoms with E-state index in [0.29, 0.717) is 13.2 Å². The summed E-state index contributed by atoms with van der Waals surface area (Å²) in [4.78, 5) is 16.7. The minimum Gasteiger partial charge on any atom is -0.497 e. The summed E-state index contributed by atoms with van der Waals surface area (Å²) in [5, 5.41) is 5.74. The molecule has 152 valence electrons. The van der Waals surface area contributed by atoms with Crippen molar-refractivity contribution in [3.8, 4) is 11.5 Å². The zero-order chi connectivity index (χ0) is 20.6. The second-order valence-corrected chi connectivity index (χ2v) is 7.86. The maximum absolute atomic E-state index is 12.2. The highest BCUT2D eigenvalue weighted by Crippen LogP contribution is 2.21. The van der Waals surface area contributed by atoms with Crippen molar-refractivity contribution in [2.24, 2.45) is 0 Å². The molecule has 0 fully saturated rings. The Balaban J connectivity index is 1.42. The van der Waals surface area contributed by atoms with Crippen LogP contribution in [0.3, 0.4) is 0 Å². The van der Waals surface area contributed by atoms with E-state index in [2.05, 4.69) is 16.4 Å². The average molecular weight is 411 g/mol. The Labute approximate surface area is 175 Å². The Morgan fingerprint density at radius 3 is 2.69 bits per heavy atom. The number of aryl methyl sites for hydroxylation is 2. The highest BCUT2D eigenvalue weighted by molar-refractivity contribution is 7.09. The lowest BCUT2D eigenvalue weighted by atomic mass is 10.1. The molecule has 1 heterocycles. The monoisotopic (exact) mass is 410 g/mol. The van der Waals surface area contributed by atoms with Crippen molar-refractivity contribution in [2.45, 2.75) is 33.3 Å². The van der Waals surface area contributed by atoms with Crippen molar-refractivity contribution < 1.29 is 14.3 Å². The number of rotatable bonds is 9. The van der Waals surface area contributed by atoms with Gasteiger partial charge in [0.05, 0.1) is 19.2 Å². The van der Waals surface area contributed by atoms with Crippen molar-refractivity contribution in [1.29, 1.82) is 0 Å². The maximum Gasteiger partial charge on any atom is 0.226 e. The average Bonchev–Trinajstić information content (AvgIpc) is 3.16. The van der Waals surface area contributed by atoms with Crippen LogP contribution >= 0.6 is 11.3 Å². The molecule has 0 saturated heterocycles. The third-order valence-electron chi connectivity index (χ3n) is 4.53. The summed E-state index contributed by atoms with van der Waals surface area (Å²) in [6.07, 6.45) is 1.06. The predicted octanol–water partition coefficient (Wildman–Crippen LogP) is 4.25. The molecular formula is C23H26N2O3S. The normalized spacial score (nSPS) is 10.6. The smallest absolute Gasteiger partial charge is 0.226 e. The number of carbonyl (C=O) groups is 1. The summed E-state index contributed by atoms with van der Waals surface area (Å²) in [7, 11) is 1.65. The number of amides is 1. The molecule has 1 N–H and O–H groups in total. The van der Waals surface area contributed by atoms with Crippen LogP contribution < -0.4 is 14.8 Å². The summed E-state index contributed by atoms with van der Waals surface area (Å²) < 4.78 is 11.0. The van der Waals surface area contributed by atoms with Gasteiger partial charge in [-0.2, -0.15) is 0 Å². The minimum absolute atomic E-state index is 0.0224. The fourth-order valence-corrected chi connectivity index (χ4v) is 3.57. The highest BCUT2D eigenvalue weighted by atomic mass is 32.1. The molecule has 0 aliphatic rings. The molecule has 6 heteroatoms. The van der Waals surface area contributed by atoms with Crippen LogP contribution in [0.2, 0.25) is 0 Å². The van der Waals surface area contributed by atoms with Crippen LogP contribution in [0.25, 0.3) is 0 Å². The number of methoxy groups -OCH3 is 1. The van der Waals surface area contributed by atoms with Gasteiger partial charge in [-0.05, 0) is 55.2 Å². The van der Waals surface area contributed by atoms with E-state index < -0.39 is 0 Å². The van der Waals surface area contributed by atoms with Crippen LogP contribution in [-0.4, -0.2) is 24.5 Å². The highest BCUT2D eigenvalue weighted by Gasteiger charge is 2.09. The van der Waals surface area contributed by atoms with E-state index in [1.165, 1.54) is 11.3 Å². The van der Waals surface area contributed by atoms with Crippen molar-refractivity contribution in [1.82, 2.24) is 10.3 Å². The minimum atomic E-state index is -0.0224. The van der Waals surface area contributed by atoms with Gasteiger partial charge in [0.2, 0.25) is 5.91 Å². The Bertz CT molecular complexity index is 951.